The molecule has 0 aliphatic rings. The Hall–Kier alpha value is -3.74. The van der Waals surface area contributed by atoms with Crippen molar-refractivity contribution in [3.05, 3.63) is 0 Å². The van der Waals surface area contributed by atoms with Crippen molar-refractivity contribution in [1.82, 2.24) is 9.80 Å². The third-order valence-corrected chi connectivity index (χ3v) is 5.26. The smallest absolute Gasteiger partial charge is 0.328 e. The summed E-state index contributed by atoms with van der Waals surface area (Å²) in [5.74, 6) is 0. The Morgan fingerprint density at radius 3 is 1.24 bits per heavy atom. The van der Waals surface area contributed by atoms with Gasteiger partial charge in [0.2, 0.25) is 24.3 Å². The van der Waals surface area contributed by atoms with Crippen LogP contribution in [-0.2, 0) is 19.2 Å². The third-order valence-electron chi connectivity index (χ3n) is 5.26. The molecule has 13 heteroatoms. The highest BCUT2D eigenvalue weighted by Gasteiger charge is 2.24. The van der Waals surface area contributed by atoms with Gasteiger partial charge in [-0.15, -0.1) is 0 Å². The second kappa shape index (κ2) is 28.5. The lowest BCUT2D eigenvalue weighted by atomic mass is 10.1. The molecule has 0 spiro atoms. The molecule has 37 heavy (non-hydrogen) atoms. The average Bonchev–Trinajstić information content (AvgIpc) is 2.88. The van der Waals surface area contributed by atoms with Gasteiger partial charge in [0.15, 0.2) is 0 Å². The zero-order valence-corrected chi connectivity index (χ0v) is 21.5. The molecule has 3 N–H and O–H groups in total. The van der Waals surface area contributed by atoms with E-state index in [9.17, 15) is 24.0 Å². The minimum Gasteiger partial charge on any atom is -0.351 e. The molecule has 0 aromatic rings. The summed E-state index contributed by atoms with van der Waals surface area (Å²) in [5, 5.41) is 5.40. The lowest BCUT2D eigenvalue weighted by Crippen LogP contribution is -2.49. The summed E-state index contributed by atoms with van der Waals surface area (Å²) in [6.45, 7) is 2.61. The largest absolute Gasteiger partial charge is 0.351 e. The number of isocyanates is 4. The Labute approximate surface area is 217 Å². The SMILES string of the molecule is N=C=O.NC(=O)N(CCCCCCN=C=O)C(=O)N(CCCCCCN=C=O)CCCCCCN=C=O. The van der Waals surface area contributed by atoms with Gasteiger partial charge in [-0.25, -0.2) is 54.1 Å². The summed E-state index contributed by atoms with van der Waals surface area (Å²) in [5.41, 5.74) is 5.50. The molecular formula is C24H39N7O6. The molecule has 0 radical (unpaired) electrons. The van der Waals surface area contributed by atoms with Crippen molar-refractivity contribution in [3.63, 3.8) is 0 Å². The van der Waals surface area contributed by atoms with E-state index in [2.05, 4.69) is 15.0 Å². The van der Waals surface area contributed by atoms with Gasteiger partial charge in [-0.05, 0) is 38.5 Å². The van der Waals surface area contributed by atoms with Gasteiger partial charge >= 0.3 is 12.1 Å². The molecule has 0 saturated carbocycles. The van der Waals surface area contributed by atoms with E-state index >= 15 is 0 Å². The van der Waals surface area contributed by atoms with E-state index in [1.165, 1.54) is 18.2 Å². The number of carbonyl (C=O) groups excluding carboxylic acids is 6. The molecule has 0 saturated heterocycles. The monoisotopic (exact) mass is 521 g/mol. The first-order valence-electron chi connectivity index (χ1n) is 12.5. The number of rotatable bonds is 21. The molecule has 0 heterocycles. The Balaban J connectivity index is 0. The highest BCUT2D eigenvalue weighted by Crippen LogP contribution is 2.11. The molecule has 0 bridgehead atoms. The Bertz CT molecular complexity index is 767. The highest BCUT2D eigenvalue weighted by molar-refractivity contribution is 5.92. The number of urea groups is 2. The maximum atomic E-state index is 13.1. The second-order valence-corrected chi connectivity index (χ2v) is 8.02. The minimum absolute atomic E-state index is 0.245. The molecule has 0 aliphatic heterocycles. The maximum Gasteiger partial charge on any atom is 0.328 e. The summed E-state index contributed by atoms with van der Waals surface area (Å²) in [4.78, 5) is 77.0. The fraction of sp³-hybridized carbons (Fsp3) is 0.750. The van der Waals surface area contributed by atoms with E-state index in [0.717, 1.165) is 81.6 Å². The first kappa shape index (κ1) is 35.4. The number of hydrogen-bond acceptors (Lipinski definition) is 10. The predicted octanol–water partition coefficient (Wildman–Crippen LogP) is 3.38. The van der Waals surface area contributed by atoms with E-state index in [1.54, 1.807) is 4.90 Å². The maximum absolute atomic E-state index is 13.1. The number of imide groups is 1. The van der Waals surface area contributed by atoms with Crippen LogP contribution in [0, 0.1) is 5.41 Å². The number of nitrogens with zero attached hydrogens (tertiary/aromatic N) is 5. The molecule has 0 aliphatic carbocycles. The fourth-order valence-corrected chi connectivity index (χ4v) is 3.42. The van der Waals surface area contributed by atoms with E-state index < -0.39 is 6.03 Å². The van der Waals surface area contributed by atoms with E-state index in [0.29, 0.717) is 39.1 Å². The number of nitrogens with one attached hydrogen (secondary N) is 1. The van der Waals surface area contributed by atoms with E-state index in [1.807, 2.05) is 0 Å². The topological polar surface area (TPSA) is 196 Å². The van der Waals surface area contributed by atoms with Crippen LogP contribution in [0.25, 0.3) is 0 Å². The van der Waals surface area contributed by atoms with Gasteiger partial charge in [-0.1, -0.05) is 38.5 Å². The van der Waals surface area contributed by atoms with Crippen molar-refractivity contribution in [2.75, 3.05) is 39.3 Å². The van der Waals surface area contributed by atoms with E-state index in [-0.39, 0.29) is 12.6 Å². The zero-order valence-electron chi connectivity index (χ0n) is 21.5. The molecule has 0 fully saturated rings. The van der Waals surface area contributed by atoms with Gasteiger partial charge in [-0.3, -0.25) is 0 Å². The summed E-state index contributed by atoms with van der Waals surface area (Å²) in [6.07, 6.45) is 14.9. The van der Waals surface area contributed by atoms with Crippen molar-refractivity contribution in [2.24, 2.45) is 20.7 Å². The molecule has 0 unspecified atom stereocenters. The first-order valence-corrected chi connectivity index (χ1v) is 12.5. The van der Waals surface area contributed by atoms with Crippen molar-refractivity contribution >= 4 is 36.4 Å². The Kier molecular flexibility index (Phi) is 27.3. The van der Waals surface area contributed by atoms with Crippen molar-refractivity contribution in [3.8, 4) is 0 Å². The van der Waals surface area contributed by atoms with Crippen molar-refractivity contribution in [2.45, 2.75) is 77.0 Å². The van der Waals surface area contributed by atoms with Gasteiger partial charge in [0.25, 0.3) is 0 Å². The van der Waals surface area contributed by atoms with Gasteiger partial charge in [0.05, 0.1) is 19.6 Å². The standard InChI is InChI=1S/C23H38N6O5.CHNO/c24-22(33)29(18-12-6-3-9-15-27-21-32)23(34)28(16-10-4-1-7-13-25-19-30)17-11-5-2-8-14-26-20-31;2-1-3/h1-18H2,(H2,24,33);2H. The van der Waals surface area contributed by atoms with Crippen LogP contribution in [0.5, 0.6) is 0 Å². The number of aliphatic imine (C=N–C) groups is 3. The molecule has 0 atom stereocenters. The Morgan fingerprint density at radius 1 is 0.595 bits per heavy atom. The van der Waals surface area contributed by atoms with Crippen LogP contribution < -0.4 is 5.73 Å². The number of carbonyl (C=O) groups is 2. The third kappa shape index (κ3) is 23.8. The van der Waals surface area contributed by atoms with Crippen molar-refractivity contribution < 1.29 is 28.8 Å². The number of nitrogens with two attached hydrogens (primary N) is 1. The minimum atomic E-state index is -0.765. The van der Waals surface area contributed by atoms with Gasteiger partial charge in [0, 0.05) is 19.6 Å². The molecule has 13 nitrogen and oxygen atoms in total. The van der Waals surface area contributed by atoms with E-state index in [4.69, 9.17) is 15.9 Å². The lowest BCUT2D eigenvalue weighted by Gasteiger charge is -2.29. The first-order chi connectivity index (χ1) is 18.0. The van der Waals surface area contributed by atoms with Gasteiger partial charge < -0.3 is 10.6 Å². The zero-order chi connectivity index (χ0) is 28.0. The number of unbranched alkanes of at least 4 members (excludes halogenated alkanes) is 9. The number of primary amides is 1. The molecule has 206 valence electrons. The van der Waals surface area contributed by atoms with Crippen LogP contribution in [0.1, 0.15) is 77.0 Å². The molecule has 0 aromatic carbocycles. The van der Waals surface area contributed by atoms with Gasteiger partial charge in [0.1, 0.15) is 0 Å². The quantitative estimate of drug-likeness (QED) is 0.132. The second-order valence-electron chi connectivity index (χ2n) is 8.02. The van der Waals surface area contributed by atoms with Crippen LogP contribution in [0.3, 0.4) is 0 Å². The Morgan fingerprint density at radius 2 is 0.919 bits per heavy atom. The summed E-state index contributed by atoms with van der Waals surface area (Å²) >= 11 is 0. The van der Waals surface area contributed by atoms with Crippen LogP contribution in [0.2, 0.25) is 0 Å². The normalized spacial score (nSPS) is 9.30. The van der Waals surface area contributed by atoms with Crippen LogP contribution in [0.15, 0.2) is 15.0 Å². The molecule has 0 aromatic heterocycles. The lowest BCUT2D eigenvalue weighted by molar-refractivity contribution is 0.154. The van der Waals surface area contributed by atoms with Crippen LogP contribution in [-0.4, -0.2) is 85.5 Å². The molecular weight excluding hydrogens is 482 g/mol. The predicted molar refractivity (Wildman–Crippen MR) is 136 cm³/mol. The summed E-state index contributed by atoms with van der Waals surface area (Å²) in [6, 6.07) is -1.15. The fourth-order valence-electron chi connectivity index (χ4n) is 3.42. The highest BCUT2D eigenvalue weighted by atomic mass is 16.2. The van der Waals surface area contributed by atoms with Crippen LogP contribution >= 0.6 is 0 Å². The summed E-state index contributed by atoms with van der Waals surface area (Å²) in [7, 11) is 0. The van der Waals surface area contributed by atoms with Crippen molar-refractivity contribution in [1.29, 1.82) is 5.41 Å². The molecule has 0 rings (SSSR count). The average molecular weight is 522 g/mol. The molecule has 4 amide bonds. The summed E-state index contributed by atoms with van der Waals surface area (Å²) < 4.78 is 0. The number of amides is 4. The van der Waals surface area contributed by atoms with Gasteiger partial charge in [-0.2, -0.15) is 0 Å². The number of hydrogen-bond donors (Lipinski definition) is 2. The van der Waals surface area contributed by atoms with Crippen LogP contribution in [0.4, 0.5) is 9.59 Å².